The Bertz CT molecular complexity index is 664. The number of benzene rings is 1. The summed E-state index contributed by atoms with van der Waals surface area (Å²) in [5, 5.41) is 3.22. The third-order valence-corrected chi connectivity index (χ3v) is 6.02. The molecule has 0 unspecified atom stereocenters. The molecule has 0 heterocycles. The second-order valence-electron chi connectivity index (χ2n) is 6.85. The van der Waals surface area contributed by atoms with E-state index in [0.717, 1.165) is 30.6 Å². The third kappa shape index (κ3) is 10.3. The lowest BCUT2D eigenvalue weighted by atomic mass is 10.2. The topological polar surface area (TPSA) is 71.0 Å². The van der Waals surface area contributed by atoms with E-state index in [4.69, 9.17) is 4.74 Å². The monoisotopic (exact) mass is 509 g/mol. The van der Waals surface area contributed by atoms with Crippen molar-refractivity contribution in [2.45, 2.75) is 25.0 Å². The van der Waals surface area contributed by atoms with Crippen LogP contribution in [0.5, 0.6) is 0 Å². The van der Waals surface area contributed by atoms with Crippen LogP contribution in [0.15, 0.2) is 35.3 Å². The predicted octanol–water partition coefficient (Wildman–Crippen LogP) is 2.54. The molecule has 154 valence electrons. The van der Waals surface area contributed by atoms with E-state index in [0.29, 0.717) is 19.6 Å². The van der Waals surface area contributed by atoms with Gasteiger partial charge in [-0.2, -0.15) is 0 Å². The van der Waals surface area contributed by atoms with E-state index in [2.05, 4.69) is 10.3 Å². The molecule has 0 radical (unpaired) electrons. The Morgan fingerprint density at radius 2 is 2.00 bits per heavy atom. The quantitative estimate of drug-likeness (QED) is 0.215. The van der Waals surface area contributed by atoms with Crippen molar-refractivity contribution in [3.8, 4) is 0 Å². The van der Waals surface area contributed by atoms with Gasteiger partial charge in [0.05, 0.1) is 18.1 Å². The summed E-state index contributed by atoms with van der Waals surface area (Å²) in [5.41, 5.74) is 0.835. The van der Waals surface area contributed by atoms with Crippen molar-refractivity contribution in [3.05, 3.63) is 35.9 Å². The number of nitrogens with one attached hydrogen (secondary N) is 1. The number of hydrogen-bond acceptors (Lipinski definition) is 4. The number of guanidine groups is 1. The minimum Gasteiger partial charge on any atom is -0.379 e. The Kier molecular flexibility index (Phi) is 11.2. The molecule has 0 aromatic heterocycles. The van der Waals surface area contributed by atoms with Gasteiger partial charge in [-0.1, -0.05) is 30.3 Å². The molecule has 0 saturated heterocycles. The van der Waals surface area contributed by atoms with Gasteiger partial charge in [0.25, 0.3) is 0 Å². The highest BCUT2D eigenvalue weighted by Gasteiger charge is 2.21. The molecule has 6 nitrogen and oxygen atoms in total. The Labute approximate surface area is 180 Å². The summed E-state index contributed by atoms with van der Waals surface area (Å²) in [4.78, 5) is 6.25. The van der Waals surface area contributed by atoms with Gasteiger partial charge in [-0.3, -0.25) is 4.99 Å². The van der Waals surface area contributed by atoms with Crippen LogP contribution < -0.4 is 5.32 Å². The molecule has 0 bridgehead atoms. The lowest BCUT2D eigenvalue weighted by Gasteiger charge is -2.22. The van der Waals surface area contributed by atoms with Crippen LogP contribution in [0, 0.1) is 5.92 Å². The fraction of sp³-hybridized carbons (Fsp3) is 0.632. The van der Waals surface area contributed by atoms with E-state index in [1.807, 2.05) is 42.3 Å². The highest BCUT2D eigenvalue weighted by molar-refractivity contribution is 14.0. The van der Waals surface area contributed by atoms with Crippen LogP contribution in [0.2, 0.25) is 0 Å². The van der Waals surface area contributed by atoms with Gasteiger partial charge < -0.3 is 15.0 Å². The smallest absolute Gasteiger partial charge is 0.193 e. The predicted molar refractivity (Wildman–Crippen MR) is 121 cm³/mol. The number of sulfone groups is 1. The zero-order valence-corrected chi connectivity index (χ0v) is 19.4. The zero-order valence-electron chi connectivity index (χ0n) is 16.3. The summed E-state index contributed by atoms with van der Waals surface area (Å²) in [5.74, 6) is 1.80. The fourth-order valence-corrected chi connectivity index (χ4v) is 4.05. The molecular formula is C19H32IN3O3S. The van der Waals surface area contributed by atoms with Crippen LogP contribution in [-0.4, -0.2) is 65.4 Å². The van der Waals surface area contributed by atoms with Crippen LogP contribution >= 0.6 is 24.0 Å². The second-order valence-corrected chi connectivity index (χ2v) is 9.03. The first-order valence-corrected chi connectivity index (χ1v) is 11.1. The van der Waals surface area contributed by atoms with Gasteiger partial charge in [0.1, 0.15) is 0 Å². The number of ether oxygens (including phenoxy) is 1. The van der Waals surface area contributed by atoms with Crippen molar-refractivity contribution < 1.29 is 13.2 Å². The molecule has 1 saturated carbocycles. The van der Waals surface area contributed by atoms with E-state index in [-0.39, 0.29) is 35.5 Å². The van der Waals surface area contributed by atoms with E-state index in [1.54, 1.807) is 7.05 Å². The fourth-order valence-electron chi connectivity index (χ4n) is 2.62. The molecule has 27 heavy (non-hydrogen) atoms. The van der Waals surface area contributed by atoms with Crippen molar-refractivity contribution in [1.29, 1.82) is 0 Å². The number of halogens is 1. The van der Waals surface area contributed by atoms with Crippen LogP contribution in [0.4, 0.5) is 0 Å². The Morgan fingerprint density at radius 1 is 1.30 bits per heavy atom. The molecule has 1 aromatic rings. The first-order valence-electron chi connectivity index (χ1n) is 9.24. The van der Waals surface area contributed by atoms with E-state index >= 15 is 0 Å². The first-order chi connectivity index (χ1) is 12.5. The molecule has 0 amide bonds. The molecule has 1 fully saturated rings. The summed E-state index contributed by atoms with van der Waals surface area (Å²) < 4.78 is 30.0. The standard InChI is InChI=1S/C19H31N3O3S.HI/c1-20-19(22(2)12-13-25-15-17-9-10-17)21-11-6-14-26(23,24)16-18-7-4-3-5-8-18;/h3-5,7-8,17H,6,9-16H2,1-2H3,(H,20,21);1H. The molecule has 1 aliphatic carbocycles. The number of nitrogens with zero attached hydrogens (tertiary/aromatic N) is 2. The second kappa shape index (κ2) is 12.6. The van der Waals surface area contributed by atoms with E-state index < -0.39 is 9.84 Å². The first kappa shape index (κ1) is 24.2. The number of rotatable bonds is 11. The zero-order chi connectivity index (χ0) is 18.8. The van der Waals surface area contributed by atoms with Crippen LogP contribution in [0.25, 0.3) is 0 Å². The molecule has 1 aromatic carbocycles. The highest BCUT2D eigenvalue weighted by Crippen LogP contribution is 2.28. The molecule has 1 aliphatic rings. The molecule has 0 spiro atoms. The molecule has 8 heteroatoms. The number of hydrogen-bond donors (Lipinski definition) is 1. The lowest BCUT2D eigenvalue weighted by Crippen LogP contribution is -2.41. The SMILES string of the molecule is CN=C(NCCCS(=O)(=O)Cc1ccccc1)N(C)CCOCC1CC1.I. The summed E-state index contributed by atoms with van der Waals surface area (Å²) in [6, 6.07) is 9.30. The Hall–Kier alpha value is -0.870. The molecule has 0 atom stereocenters. The van der Waals surface area contributed by atoms with Crippen molar-refractivity contribution in [2.24, 2.45) is 10.9 Å². The van der Waals surface area contributed by atoms with Crippen LogP contribution in [0.3, 0.4) is 0 Å². The van der Waals surface area contributed by atoms with E-state index in [1.165, 1.54) is 12.8 Å². The molecule has 2 rings (SSSR count). The highest BCUT2D eigenvalue weighted by atomic mass is 127. The Morgan fingerprint density at radius 3 is 2.63 bits per heavy atom. The van der Waals surface area contributed by atoms with Crippen molar-refractivity contribution in [2.75, 3.05) is 46.2 Å². The van der Waals surface area contributed by atoms with Gasteiger partial charge in [0, 0.05) is 33.8 Å². The third-order valence-electron chi connectivity index (χ3n) is 4.34. The summed E-state index contributed by atoms with van der Waals surface area (Å²) in [7, 11) is 0.600. The largest absolute Gasteiger partial charge is 0.379 e. The maximum Gasteiger partial charge on any atom is 0.193 e. The number of aliphatic imine (C=N–C) groups is 1. The summed E-state index contributed by atoms with van der Waals surface area (Å²) in [6.45, 7) is 2.88. The minimum atomic E-state index is -3.09. The van der Waals surface area contributed by atoms with Gasteiger partial charge in [-0.15, -0.1) is 24.0 Å². The van der Waals surface area contributed by atoms with Gasteiger partial charge in [0.2, 0.25) is 0 Å². The average Bonchev–Trinajstić information content (AvgIpc) is 3.43. The lowest BCUT2D eigenvalue weighted by molar-refractivity contribution is 0.115. The van der Waals surface area contributed by atoms with Gasteiger partial charge in [0.15, 0.2) is 15.8 Å². The molecular weight excluding hydrogens is 477 g/mol. The van der Waals surface area contributed by atoms with Gasteiger partial charge >= 0.3 is 0 Å². The molecule has 1 N–H and O–H groups in total. The van der Waals surface area contributed by atoms with Crippen LogP contribution in [-0.2, 0) is 20.3 Å². The molecule has 0 aliphatic heterocycles. The van der Waals surface area contributed by atoms with Gasteiger partial charge in [-0.25, -0.2) is 8.42 Å². The van der Waals surface area contributed by atoms with Crippen molar-refractivity contribution in [1.82, 2.24) is 10.2 Å². The van der Waals surface area contributed by atoms with Crippen molar-refractivity contribution in [3.63, 3.8) is 0 Å². The minimum absolute atomic E-state index is 0. The number of likely N-dealkylation sites (N-methyl/N-ethyl adjacent to an activating group) is 1. The van der Waals surface area contributed by atoms with Crippen LogP contribution in [0.1, 0.15) is 24.8 Å². The maximum absolute atomic E-state index is 12.2. The summed E-state index contributed by atoms with van der Waals surface area (Å²) in [6.07, 6.45) is 3.15. The Balaban J connectivity index is 0.00000364. The van der Waals surface area contributed by atoms with Gasteiger partial charge in [-0.05, 0) is 30.7 Å². The normalized spacial score (nSPS) is 14.5. The van der Waals surface area contributed by atoms with E-state index in [9.17, 15) is 8.42 Å². The van der Waals surface area contributed by atoms with Crippen molar-refractivity contribution >= 4 is 39.8 Å². The average molecular weight is 509 g/mol. The summed E-state index contributed by atoms with van der Waals surface area (Å²) >= 11 is 0. The maximum atomic E-state index is 12.2.